The van der Waals surface area contributed by atoms with E-state index in [4.69, 9.17) is 0 Å². The van der Waals surface area contributed by atoms with Crippen LogP contribution in [0.15, 0.2) is 85.1 Å². The number of rotatable bonds is 8. The van der Waals surface area contributed by atoms with Gasteiger partial charge in [-0.25, -0.2) is 4.68 Å². The molecule has 4 rings (SSSR count). The fourth-order valence-corrected chi connectivity index (χ4v) is 3.35. The van der Waals surface area contributed by atoms with E-state index in [-0.39, 0.29) is 11.8 Å². The maximum absolute atomic E-state index is 13.0. The second-order valence-corrected chi connectivity index (χ2v) is 7.15. The topological polar surface area (TPSA) is 84.7 Å². The van der Waals surface area contributed by atoms with Crippen LogP contribution < -0.4 is 10.6 Å². The molecule has 4 aromatic rings. The van der Waals surface area contributed by atoms with Gasteiger partial charge in [0.05, 0.1) is 11.6 Å². The molecule has 0 saturated carbocycles. The zero-order valence-electron chi connectivity index (χ0n) is 17.3. The van der Waals surface area contributed by atoms with E-state index in [1.165, 1.54) is 0 Å². The first kappa shape index (κ1) is 20.3. The number of aryl methyl sites for hydroxylation is 1. The molecule has 1 amide bonds. The number of amides is 1. The molecular weight excluding hydrogens is 388 g/mol. The lowest BCUT2D eigenvalue weighted by Crippen LogP contribution is -2.33. The number of benzene rings is 2. The molecule has 7 heteroatoms. The lowest BCUT2D eigenvalue weighted by Gasteiger charge is -2.18. The first-order valence-electron chi connectivity index (χ1n) is 10.2. The molecule has 0 aliphatic heterocycles. The van der Waals surface area contributed by atoms with Crippen LogP contribution in [0.5, 0.6) is 0 Å². The number of anilines is 1. The quantitative estimate of drug-likeness (QED) is 0.434. The Morgan fingerprint density at radius 2 is 1.55 bits per heavy atom. The largest absolute Gasteiger partial charge is 0.367 e. The number of aromatic nitrogens is 4. The number of hydrogen-bond donors (Lipinski definition) is 2. The fourth-order valence-electron chi connectivity index (χ4n) is 3.35. The van der Waals surface area contributed by atoms with Gasteiger partial charge in [0.15, 0.2) is 5.82 Å². The van der Waals surface area contributed by atoms with Crippen molar-refractivity contribution in [3.8, 4) is 5.82 Å². The van der Waals surface area contributed by atoms with Gasteiger partial charge in [-0.05, 0) is 36.2 Å². The SMILES string of the molecule is Cc1ccn(-c2ccc(NCCNC(=O)C(c3ccccc3)c3ccccc3)nn2)n1. The van der Waals surface area contributed by atoms with Crippen LogP contribution in [0, 0.1) is 6.92 Å². The van der Waals surface area contributed by atoms with Crippen molar-refractivity contribution in [2.75, 3.05) is 18.4 Å². The van der Waals surface area contributed by atoms with Gasteiger partial charge >= 0.3 is 0 Å². The highest BCUT2D eigenvalue weighted by molar-refractivity contribution is 5.87. The van der Waals surface area contributed by atoms with E-state index in [2.05, 4.69) is 25.9 Å². The Balaban J connectivity index is 1.33. The molecule has 156 valence electrons. The van der Waals surface area contributed by atoms with Crippen molar-refractivity contribution in [2.24, 2.45) is 0 Å². The standard InChI is InChI=1S/C24H24N6O/c1-18-14-17-30(29-18)22-13-12-21(27-28-22)25-15-16-26-24(31)23(19-8-4-2-5-9-19)20-10-6-3-7-11-20/h2-14,17,23H,15-16H2,1H3,(H,25,27)(H,26,31). The summed E-state index contributed by atoms with van der Waals surface area (Å²) in [5.74, 6) is 0.916. The minimum absolute atomic E-state index is 0.0327. The van der Waals surface area contributed by atoms with Crippen molar-refractivity contribution in [3.63, 3.8) is 0 Å². The van der Waals surface area contributed by atoms with Crippen LogP contribution in [-0.4, -0.2) is 39.0 Å². The summed E-state index contributed by atoms with van der Waals surface area (Å²) in [6, 6.07) is 25.2. The van der Waals surface area contributed by atoms with Crippen LogP contribution in [-0.2, 0) is 4.79 Å². The third-order valence-electron chi connectivity index (χ3n) is 4.87. The van der Waals surface area contributed by atoms with Gasteiger partial charge in [-0.1, -0.05) is 60.7 Å². The highest BCUT2D eigenvalue weighted by atomic mass is 16.1. The molecule has 7 nitrogen and oxygen atoms in total. The third-order valence-corrected chi connectivity index (χ3v) is 4.87. The number of nitrogens with zero attached hydrogens (tertiary/aromatic N) is 4. The second-order valence-electron chi connectivity index (χ2n) is 7.15. The Bertz CT molecular complexity index is 1070. The van der Waals surface area contributed by atoms with Crippen LogP contribution in [0.25, 0.3) is 5.82 Å². The van der Waals surface area contributed by atoms with E-state index in [1.54, 1.807) is 4.68 Å². The summed E-state index contributed by atoms with van der Waals surface area (Å²) in [6.07, 6.45) is 1.85. The van der Waals surface area contributed by atoms with E-state index in [9.17, 15) is 4.79 Å². The third kappa shape index (κ3) is 5.14. The molecule has 2 heterocycles. The Morgan fingerprint density at radius 3 is 2.10 bits per heavy atom. The molecule has 0 spiro atoms. The first-order chi connectivity index (χ1) is 15.2. The molecule has 2 aromatic heterocycles. The zero-order valence-corrected chi connectivity index (χ0v) is 17.3. The van der Waals surface area contributed by atoms with Gasteiger partial charge in [0.25, 0.3) is 0 Å². The van der Waals surface area contributed by atoms with E-state index in [1.807, 2.05) is 92.0 Å². The van der Waals surface area contributed by atoms with E-state index < -0.39 is 0 Å². The van der Waals surface area contributed by atoms with Crippen molar-refractivity contribution in [3.05, 3.63) is 102 Å². The highest BCUT2D eigenvalue weighted by Crippen LogP contribution is 2.24. The highest BCUT2D eigenvalue weighted by Gasteiger charge is 2.21. The van der Waals surface area contributed by atoms with Crippen LogP contribution in [0.3, 0.4) is 0 Å². The van der Waals surface area contributed by atoms with E-state index in [0.29, 0.717) is 24.7 Å². The molecule has 0 atom stereocenters. The van der Waals surface area contributed by atoms with Crippen LogP contribution in [0.1, 0.15) is 22.7 Å². The lowest BCUT2D eigenvalue weighted by molar-refractivity contribution is -0.121. The predicted molar refractivity (Wildman–Crippen MR) is 120 cm³/mol. The van der Waals surface area contributed by atoms with Crippen molar-refractivity contribution >= 4 is 11.7 Å². The maximum Gasteiger partial charge on any atom is 0.232 e. The smallest absolute Gasteiger partial charge is 0.232 e. The minimum atomic E-state index is -0.348. The fraction of sp³-hybridized carbons (Fsp3) is 0.167. The first-order valence-corrected chi connectivity index (χ1v) is 10.2. The monoisotopic (exact) mass is 412 g/mol. The number of nitrogens with one attached hydrogen (secondary N) is 2. The van der Waals surface area contributed by atoms with Crippen molar-refractivity contribution in [2.45, 2.75) is 12.8 Å². The van der Waals surface area contributed by atoms with Gasteiger partial charge in [-0.15, -0.1) is 10.2 Å². The predicted octanol–water partition coefficient (Wildman–Crippen LogP) is 3.33. The average Bonchev–Trinajstić information content (AvgIpc) is 3.25. The Morgan fingerprint density at radius 1 is 0.871 bits per heavy atom. The number of hydrogen-bond acceptors (Lipinski definition) is 5. The van der Waals surface area contributed by atoms with Gasteiger partial charge in [-0.2, -0.15) is 5.10 Å². The number of carbonyl (C=O) groups is 1. The number of carbonyl (C=O) groups excluding carboxylic acids is 1. The summed E-state index contributed by atoms with van der Waals surface area (Å²) < 4.78 is 1.68. The molecule has 2 N–H and O–H groups in total. The van der Waals surface area contributed by atoms with Gasteiger partial charge in [0.2, 0.25) is 5.91 Å². The maximum atomic E-state index is 13.0. The second kappa shape index (κ2) is 9.67. The molecule has 0 saturated heterocycles. The molecule has 0 radical (unpaired) electrons. The summed E-state index contributed by atoms with van der Waals surface area (Å²) in [5.41, 5.74) is 2.85. The van der Waals surface area contributed by atoms with Crippen LogP contribution in [0.2, 0.25) is 0 Å². The summed E-state index contributed by atoms with van der Waals surface area (Å²) in [7, 11) is 0. The minimum Gasteiger partial charge on any atom is -0.367 e. The summed E-state index contributed by atoms with van der Waals surface area (Å²) in [6.45, 7) is 2.93. The van der Waals surface area contributed by atoms with Crippen molar-refractivity contribution in [1.29, 1.82) is 0 Å². The molecule has 0 aliphatic carbocycles. The van der Waals surface area contributed by atoms with Crippen molar-refractivity contribution in [1.82, 2.24) is 25.3 Å². The Labute approximate surface area is 181 Å². The van der Waals surface area contributed by atoms with E-state index in [0.717, 1.165) is 16.8 Å². The Hall–Kier alpha value is -4.00. The molecule has 0 aliphatic rings. The van der Waals surface area contributed by atoms with Gasteiger partial charge < -0.3 is 10.6 Å². The average molecular weight is 412 g/mol. The normalized spacial score (nSPS) is 10.8. The van der Waals surface area contributed by atoms with Gasteiger partial charge in [0.1, 0.15) is 5.82 Å². The summed E-state index contributed by atoms with van der Waals surface area (Å²) in [4.78, 5) is 13.0. The molecule has 2 aromatic carbocycles. The van der Waals surface area contributed by atoms with Gasteiger partial charge in [0, 0.05) is 19.3 Å². The van der Waals surface area contributed by atoms with Crippen molar-refractivity contribution < 1.29 is 4.79 Å². The Kier molecular flexibility index (Phi) is 6.32. The molecule has 0 fully saturated rings. The summed E-state index contributed by atoms with van der Waals surface area (Å²) >= 11 is 0. The lowest BCUT2D eigenvalue weighted by atomic mass is 9.90. The molecule has 31 heavy (non-hydrogen) atoms. The van der Waals surface area contributed by atoms with E-state index >= 15 is 0 Å². The molecule has 0 unspecified atom stereocenters. The van der Waals surface area contributed by atoms with Crippen LogP contribution >= 0.6 is 0 Å². The molecular formula is C24H24N6O. The molecule has 0 bridgehead atoms. The van der Waals surface area contributed by atoms with Gasteiger partial charge in [-0.3, -0.25) is 4.79 Å². The zero-order chi connectivity index (χ0) is 21.5. The summed E-state index contributed by atoms with van der Waals surface area (Å²) in [5, 5.41) is 18.9. The van der Waals surface area contributed by atoms with Crippen LogP contribution in [0.4, 0.5) is 5.82 Å².